The van der Waals surface area contributed by atoms with Gasteiger partial charge in [0, 0.05) is 5.56 Å². The number of hydrogen-bond acceptors (Lipinski definition) is 5. The predicted molar refractivity (Wildman–Crippen MR) is 75.3 cm³/mol. The fraction of sp³-hybridized carbons (Fsp3) is 0.214. The maximum absolute atomic E-state index is 12.6. The summed E-state index contributed by atoms with van der Waals surface area (Å²) >= 11 is 0. The first-order valence-electron chi connectivity index (χ1n) is 6.03. The van der Waals surface area contributed by atoms with Gasteiger partial charge in [-0.25, -0.2) is 0 Å². The molecule has 0 saturated carbocycles. The second-order valence-electron chi connectivity index (χ2n) is 4.51. The van der Waals surface area contributed by atoms with E-state index in [-0.39, 0.29) is 11.3 Å². The zero-order valence-corrected chi connectivity index (χ0v) is 11.9. The molecule has 0 aromatic heterocycles. The third-order valence-corrected chi connectivity index (χ3v) is 4.73. The van der Waals surface area contributed by atoms with Crippen molar-refractivity contribution < 1.29 is 27.6 Å². The standard InChI is InChI=1S/C14H14O6S/c1-20-11-7-8-14(12(15)9-11,21(17,18)19)13(16)10-5-3-2-4-6-10/h2-9,12,15H,1H3,(H,17,18,19). The quantitative estimate of drug-likeness (QED) is 0.634. The molecule has 1 aliphatic carbocycles. The second-order valence-corrected chi connectivity index (χ2v) is 6.14. The van der Waals surface area contributed by atoms with Crippen molar-refractivity contribution in [1.29, 1.82) is 0 Å². The summed E-state index contributed by atoms with van der Waals surface area (Å²) in [6, 6.07) is 7.59. The summed E-state index contributed by atoms with van der Waals surface area (Å²) in [5.41, 5.74) is 0.0630. The number of benzene rings is 1. The largest absolute Gasteiger partial charge is 0.497 e. The number of Topliss-reactive ketones (excluding diaryl/α,β-unsaturated/α-hetero) is 1. The fourth-order valence-electron chi connectivity index (χ4n) is 2.16. The lowest BCUT2D eigenvalue weighted by atomic mass is 9.88. The monoisotopic (exact) mass is 310 g/mol. The van der Waals surface area contributed by atoms with E-state index in [1.165, 1.54) is 25.3 Å². The molecule has 0 spiro atoms. The Morgan fingerprint density at radius 1 is 1.29 bits per heavy atom. The van der Waals surface area contributed by atoms with Gasteiger partial charge >= 0.3 is 0 Å². The van der Waals surface area contributed by atoms with Gasteiger partial charge in [0.05, 0.1) is 7.11 Å². The van der Waals surface area contributed by atoms with Crippen LogP contribution in [0, 0.1) is 0 Å². The SMILES string of the molecule is COC1=CC(O)C(C(=O)c2ccccc2)(S(=O)(=O)O)C=C1. The van der Waals surface area contributed by atoms with Crippen LogP contribution >= 0.6 is 0 Å². The van der Waals surface area contributed by atoms with Gasteiger partial charge in [-0.15, -0.1) is 0 Å². The lowest BCUT2D eigenvalue weighted by Crippen LogP contribution is -2.54. The van der Waals surface area contributed by atoms with Crippen molar-refractivity contribution in [3.8, 4) is 0 Å². The molecule has 6 nitrogen and oxygen atoms in total. The van der Waals surface area contributed by atoms with E-state index in [2.05, 4.69) is 0 Å². The van der Waals surface area contributed by atoms with Gasteiger partial charge in [-0.2, -0.15) is 8.42 Å². The van der Waals surface area contributed by atoms with Crippen LogP contribution in [0.4, 0.5) is 0 Å². The van der Waals surface area contributed by atoms with Gasteiger partial charge in [0.15, 0.2) is 5.78 Å². The zero-order chi connectivity index (χ0) is 15.7. The number of carbonyl (C=O) groups excluding carboxylic acids is 1. The Kier molecular flexibility index (Phi) is 3.99. The van der Waals surface area contributed by atoms with Crippen LogP contribution in [0.2, 0.25) is 0 Å². The summed E-state index contributed by atoms with van der Waals surface area (Å²) in [5, 5.41) is 10.1. The molecule has 0 bridgehead atoms. The molecular weight excluding hydrogens is 296 g/mol. The minimum absolute atomic E-state index is 0.0630. The Morgan fingerprint density at radius 3 is 2.38 bits per heavy atom. The maximum Gasteiger partial charge on any atom is 0.284 e. The minimum atomic E-state index is -4.90. The van der Waals surface area contributed by atoms with Gasteiger partial charge in [-0.1, -0.05) is 30.3 Å². The molecular formula is C14H14O6S. The number of methoxy groups -OCH3 is 1. The van der Waals surface area contributed by atoms with Gasteiger partial charge < -0.3 is 9.84 Å². The summed E-state index contributed by atoms with van der Waals surface area (Å²) < 4.78 is 35.5. The molecule has 0 heterocycles. The normalized spacial score (nSPS) is 25.3. The highest BCUT2D eigenvalue weighted by Gasteiger charge is 2.54. The first-order chi connectivity index (χ1) is 9.83. The fourth-order valence-corrected chi connectivity index (χ4v) is 3.12. The van der Waals surface area contributed by atoms with Crippen molar-refractivity contribution in [2.24, 2.45) is 0 Å². The average molecular weight is 310 g/mol. The van der Waals surface area contributed by atoms with Gasteiger partial charge in [0.25, 0.3) is 10.1 Å². The van der Waals surface area contributed by atoms with Crippen LogP contribution in [0.25, 0.3) is 0 Å². The number of aliphatic hydroxyl groups excluding tert-OH is 1. The molecule has 0 fully saturated rings. The van der Waals surface area contributed by atoms with Gasteiger partial charge in [0.2, 0.25) is 4.75 Å². The van der Waals surface area contributed by atoms with Gasteiger partial charge in [-0.05, 0) is 18.2 Å². The molecule has 1 aliphatic rings. The summed E-state index contributed by atoms with van der Waals surface area (Å²) in [4.78, 5) is 12.6. The van der Waals surface area contributed by atoms with Crippen LogP contribution in [0.1, 0.15) is 10.4 Å². The van der Waals surface area contributed by atoms with Crippen LogP contribution in [0.5, 0.6) is 0 Å². The van der Waals surface area contributed by atoms with E-state index in [4.69, 9.17) is 4.74 Å². The van der Waals surface area contributed by atoms with Crippen LogP contribution in [0.3, 0.4) is 0 Å². The minimum Gasteiger partial charge on any atom is -0.497 e. The van der Waals surface area contributed by atoms with E-state index in [0.29, 0.717) is 0 Å². The number of carbonyl (C=O) groups is 1. The molecule has 0 saturated heterocycles. The topological polar surface area (TPSA) is 101 Å². The average Bonchev–Trinajstić information content (AvgIpc) is 2.46. The van der Waals surface area contributed by atoms with Crippen LogP contribution < -0.4 is 0 Å². The summed E-state index contributed by atoms with van der Waals surface area (Å²) in [7, 11) is -3.57. The van der Waals surface area contributed by atoms with Crippen LogP contribution in [-0.2, 0) is 14.9 Å². The molecule has 112 valence electrons. The molecule has 0 aliphatic heterocycles. The van der Waals surface area contributed by atoms with E-state index in [0.717, 1.165) is 12.2 Å². The van der Waals surface area contributed by atoms with E-state index >= 15 is 0 Å². The molecule has 2 unspecified atom stereocenters. The molecule has 2 N–H and O–H groups in total. The van der Waals surface area contributed by atoms with E-state index < -0.39 is 26.8 Å². The highest BCUT2D eigenvalue weighted by Crippen LogP contribution is 2.33. The highest BCUT2D eigenvalue weighted by molar-refractivity contribution is 7.88. The van der Waals surface area contributed by atoms with Crippen molar-refractivity contribution in [2.45, 2.75) is 10.9 Å². The lowest BCUT2D eigenvalue weighted by Gasteiger charge is -2.31. The molecule has 2 rings (SSSR count). The van der Waals surface area contributed by atoms with E-state index in [1.54, 1.807) is 18.2 Å². The third kappa shape index (κ3) is 2.51. The van der Waals surface area contributed by atoms with Crippen molar-refractivity contribution in [1.82, 2.24) is 0 Å². The lowest BCUT2D eigenvalue weighted by molar-refractivity contribution is 0.0854. The Bertz CT molecular complexity index is 704. The number of hydrogen-bond donors (Lipinski definition) is 2. The number of allylic oxidation sites excluding steroid dienone is 1. The van der Waals surface area contributed by atoms with E-state index in [9.17, 15) is 22.9 Å². The van der Waals surface area contributed by atoms with Crippen molar-refractivity contribution >= 4 is 15.9 Å². The van der Waals surface area contributed by atoms with Crippen LogP contribution in [0.15, 0.2) is 54.3 Å². The van der Waals surface area contributed by atoms with Crippen molar-refractivity contribution in [2.75, 3.05) is 7.11 Å². The third-order valence-electron chi connectivity index (χ3n) is 3.31. The Labute approximate surface area is 122 Å². The Balaban J connectivity index is 2.60. The smallest absolute Gasteiger partial charge is 0.284 e. The molecule has 0 radical (unpaired) electrons. The number of rotatable bonds is 4. The summed E-state index contributed by atoms with van der Waals surface area (Å²) in [6.07, 6.45) is 1.47. The first kappa shape index (κ1) is 15.4. The second kappa shape index (κ2) is 5.44. The maximum atomic E-state index is 12.6. The summed E-state index contributed by atoms with van der Waals surface area (Å²) in [5.74, 6) is -0.719. The van der Waals surface area contributed by atoms with Gasteiger partial charge in [0.1, 0.15) is 11.9 Å². The number of ether oxygens (including phenoxy) is 1. The van der Waals surface area contributed by atoms with Crippen molar-refractivity contribution in [3.05, 3.63) is 59.9 Å². The Morgan fingerprint density at radius 2 is 1.90 bits per heavy atom. The molecule has 2 atom stereocenters. The Hall–Kier alpha value is -1.96. The predicted octanol–water partition coefficient (Wildman–Crippen LogP) is 0.957. The first-order valence-corrected chi connectivity index (χ1v) is 7.47. The molecule has 7 heteroatoms. The molecule has 0 amide bonds. The summed E-state index contributed by atoms with van der Waals surface area (Å²) in [6.45, 7) is 0. The molecule has 1 aromatic carbocycles. The number of aliphatic hydroxyl groups is 1. The van der Waals surface area contributed by atoms with Gasteiger partial charge in [-0.3, -0.25) is 9.35 Å². The van der Waals surface area contributed by atoms with Crippen LogP contribution in [-0.4, -0.2) is 41.8 Å². The molecule has 1 aromatic rings. The molecule has 21 heavy (non-hydrogen) atoms. The van der Waals surface area contributed by atoms with Crippen molar-refractivity contribution in [3.63, 3.8) is 0 Å². The van der Waals surface area contributed by atoms with E-state index in [1.807, 2.05) is 0 Å². The highest BCUT2D eigenvalue weighted by atomic mass is 32.2. The number of ketones is 1. The zero-order valence-electron chi connectivity index (χ0n) is 11.1.